The van der Waals surface area contributed by atoms with Crippen molar-refractivity contribution in [1.82, 2.24) is 0 Å². The van der Waals surface area contributed by atoms with Gasteiger partial charge in [-0.2, -0.15) is 0 Å². The summed E-state index contributed by atoms with van der Waals surface area (Å²) >= 11 is 0. The highest BCUT2D eigenvalue weighted by Crippen LogP contribution is 2.29. The molecule has 2 rings (SSSR count). The maximum atomic E-state index is 4.20. The smallest absolute Gasteiger partial charge is 0.0435 e. The number of benzene rings is 1. The SMILES string of the molecule is C=C1CCc2ccc(NC(=C)\C(C=NC)=C(C)/C=C\C=C/C)cc2N1. The zero-order valence-corrected chi connectivity index (χ0v) is 15.4. The molecule has 0 unspecified atom stereocenters. The number of nitrogens with zero attached hydrogens (tertiary/aromatic N) is 1. The Bertz CT molecular complexity index is 776. The number of hydrogen-bond acceptors (Lipinski definition) is 3. The Hall–Kier alpha value is -2.81. The topological polar surface area (TPSA) is 36.4 Å². The minimum Gasteiger partial charge on any atom is -0.359 e. The van der Waals surface area contributed by atoms with Crippen LogP contribution in [0.25, 0.3) is 0 Å². The summed E-state index contributed by atoms with van der Waals surface area (Å²) in [7, 11) is 1.77. The highest BCUT2D eigenvalue weighted by molar-refractivity contribution is 5.87. The summed E-state index contributed by atoms with van der Waals surface area (Å²) in [6.07, 6.45) is 11.9. The Morgan fingerprint density at radius 2 is 2.08 bits per heavy atom. The minimum absolute atomic E-state index is 0.822. The molecule has 2 N–H and O–H groups in total. The molecular formula is C22H27N3. The van der Waals surface area contributed by atoms with Gasteiger partial charge in [0.15, 0.2) is 0 Å². The van der Waals surface area contributed by atoms with E-state index < -0.39 is 0 Å². The molecule has 0 fully saturated rings. The number of fused-ring (bicyclic) bond motifs is 1. The van der Waals surface area contributed by atoms with Crippen molar-refractivity contribution in [3.63, 3.8) is 0 Å². The van der Waals surface area contributed by atoms with E-state index in [0.717, 1.165) is 46.8 Å². The van der Waals surface area contributed by atoms with Gasteiger partial charge in [0.2, 0.25) is 0 Å². The Balaban J connectivity index is 2.22. The summed E-state index contributed by atoms with van der Waals surface area (Å²) in [5, 5.41) is 6.76. The molecule has 1 aliphatic heterocycles. The summed E-state index contributed by atoms with van der Waals surface area (Å²) in [5.74, 6) is 0. The van der Waals surface area contributed by atoms with Crippen LogP contribution in [0.1, 0.15) is 25.8 Å². The lowest BCUT2D eigenvalue weighted by Gasteiger charge is -2.21. The van der Waals surface area contributed by atoms with Gasteiger partial charge in [0.25, 0.3) is 0 Å². The molecule has 1 aromatic carbocycles. The van der Waals surface area contributed by atoms with Crippen LogP contribution in [0.3, 0.4) is 0 Å². The van der Waals surface area contributed by atoms with E-state index in [0.29, 0.717) is 0 Å². The van der Waals surface area contributed by atoms with Crippen LogP contribution < -0.4 is 10.6 Å². The van der Waals surface area contributed by atoms with Crippen LogP contribution >= 0.6 is 0 Å². The van der Waals surface area contributed by atoms with Crippen molar-refractivity contribution in [2.45, 2.75) is 26.7 Å². The predicted octanol–water partition coefficient (Wildman–Crippen LogP) is 5.63. The second kappa shape index (κ2) is 8.88. The van der Waals surface area contributed by atoms with Gasteiger partial charge in [0.1, 0.15) is 0 Å². The quantitative estimate of drug-likeness (QED) is 0.522. The molecule has 1 aromatic rings. The molecular weight excluding hydrogens is 306 g/mol. The van der Waals surface area contributed by atoms with Crippen LogP contribution in [0.15, 0.2) is 83.2 Å². The van der Waals surface area contributed by atoms with Gasteiger partial charge in [0, 0.05) is 41.6 Å². The lowest BCUT2D eigenvalue weighted by atomic mass is 10.0. The molecule has 1 aliphatic rings. The van der Waals surface area contributed by atoms with Crippen molar-refractivity contribution in [2.75, 3.05) is 17.7 Å². The van der Waals surface area contributed by atoms with E-state index in [-0.39, 0.29) is 0 Å². The molecule has 0 bridgehead atoms. The number of nitrogens with one attached hydrogen (secondary N) is 2. The summed E-state index contributed by atoms with van der Waals surface area (Å²) in [6.45, 7) is 12.3. The summed E-state index contributed by atoms with van der Waals surface area (Å²) < 4.78 is 0. The van der Waals surface area contributed by atoms with Gasteiger partial charge in [-0.15, -0.1) is 0 Å². The molecule has 0 spiro atoms. The molecule has 1 heterocycles. The van der Waals surface area contributed by atoms with Crippen LogP contribution in [0, 0.1) is 0 Å². The fourth-order valence-corrected chi connectivity index (χ4v) is 2.72. The second-order valence-electron chi connectivity index (χ2n) is 6.07. The van der Waals surface area contributed by atoms with Crippen molar-refractivity contribution in [3.8, 4) is 0 Å². The lowest BCUT2D eigenvalue weighted by molar-refractivity contribution is 0.919. The van der Waals surface area contributed by atoms with Gasteiger partial charge >= 0.3 is 0 Å². The summed E-state index contributed by atoms with van der Waals surface area (Å²) in [4.78, 5) is 4.17. The fourth-order valence-electron chi connectivity index (χ4n) is 2.72. The molecule has 0 saturated carbocycles. The Kier molecular flexibility index (Phi) is 6.58. The normalized spacial score (nSPS) is 15.4. The number of aryl methyl sites for hydroxylation is 1. The Morgan fingerprint density at radius 3 is 2.80 bits per heavy atom. The average molecular weight is 333 g/mol. The third-order valence-electron chi connectivity index (χ3n) is 4.07. The highest BCUT2D eigenvalue weighted by Gasteiger charge is 2.12. The molecule has 0 saturated heterocycles. The van der Waals surface area contributed by atoms with E-state index in [4.69, 9.17) is 0 Å². The minimum atomic E-state index is 0.822. The number of rotatable bonds is 6. The number of hydrogen-bond donors (Lipinski definition) is 2. The molecule has 3 nitrogen and oxygen atoms in total. The van der Waals surface area contributed by atoms with Crippen LogP contribution in [0.5, 0.6) is 0 Å². The van der Waals surface area contributed by atoms with Gasteiger partial charge in [-0.05, 0) is 50.0 Å². The number of allylic oxidation sites excluding steroid dienone is 7. The van der Waals surface area contributed by atoms with Crippen LogP contribution in [-0.4, -0.2) is 13.3 Å². The molecule has 0 radical (unpaired) electrons. The molecule has 0 atom stereocenters. The predicted molar refractivity (Wildman–Crippen MR) is 111 cm³/mol. The fraction of sp³-hybridized carbons (Fsp3) is 0.227. The van der Waals surface area contributed by atoms with E-state index in [1.54, 1.807) is 7.05 Å². The monoisotopic (exact) mass is 333 g/mol. The van der Waals surface area contributed by atoms with Gasteiger partial charge in [-0.3, -0.25) is 4.99 Å². The lowest BCUT2D eigenvalue weighted by Crippen LogP contribution is -2.10. The second-order valence-corrected chi connectivity index (χ2v) is 6.07. The summed E-state index contributed by atoms with van der Waals surface area (Å²) in [6, 6.07) is 6.35. The first-order valence-electron chi connectivity index (χ1n) is 8.51. The molecule has 0 amide bonds. The molecule has 25 heavy (non-hydrogen) atoms. The van der Waals surface area contributed by atoms with Crippen LogP contribution in [0.4, 0.5) is 11.4 Å². The highest BCUT2D eigenvalue weighted by atomic mass is 14.9. The van der Waals surface area contributed by atoms with E-state index in [2.05, 4.69) is 60.0 Å². The molecule has 3 heteroatoms. The molecule has 0 aromatic heterocycles. The van der Waals surface area contributed by atoms with E-state index in [1.165, 1.54) is 5.56 Å². The van der Waals surface area contributed by atoms with E-state index in [9.17, 15) is 0 Å². The number of aliphatic imine (C=N–C) groups is 1. The first-order chi connectivity index (χ1) is 12.0. The summed E-state index contributed by atoms with van der Waals surface area (Å²) in [5.41, 5.74) is 7.41. The van der Waals surface area contributed by atoms with Gasteiger partial charge < -0.3 is 10.6 Å². The van der Waals surface area contributed by atoms with Gasteiger partial charge in [-0.25, -0.2) is 0 Å². The zero-order valence-electron chi connectivity index (χ0n) is 15.4. The number of anilines is 2. The largest absolute Gasteiger partial charge is 0.359 e. The van der Waals surface area contributed by atoms with Crippen molar-refractivity contribution >= 4 is 17.6 Å². The van der Waals surface area contributed by atoms with Crippen molar-refractivity contribution < 1.29 is 0 Å². The maximum absolute atomic E-state index is 4.20. The Morgan fingerprint density at radius 1 is 1.28 bits per heavy atom. The average Bonchev–Trinajstić information content (AvgIpc) is 2.59. The molecule has 0 aliphatic carbocycles. The third-order valence-corrected chi connectivity index (χ3v) is 4.07. The molecule has 130 valence electrons. The first kappa shape index (κ1) is 18.5. The van der Waals surface area contributed by atoms with Gasteiger partial charge in [0.05, 0.1) is 0 Å². The van der Waals surface area contributed by atoms with Crippen LogP contribution in [0.2, 0.25) is 0 Å². The van der Waals surface area contributed by atoms with Crippen molar-refractivity contribution in [1.29, 1.82) is 0 Å². The third kappa shape index (κ3) is 5.08. The van der Waals surface area contributed by atoms with E-state index in [1.807, 2.05) is 31.4 Å². The van der Waals surface area contributed by atoms with Gasteiger partial charge in [-0.1, -0.05) is 43.5 Å². The van der Waals surface area contributed by atoms with E-state index >= 15 is 0 Å². The Labute approximate surface area is 151 Å². The maximum Gasteiger partial charge on any atom is 0.0435 e. The van der Waals surface area contributed by atoms with Crippen LogP contribution in [-0.2, 0) is 6.42 Å². The zero-order chi connectivity index (χ0) is 18.2. The van der Waals surface area contributed by atoms with Crippen molar-refractivity contribution in [3.05, 3.63) is 83.8 Å². The van der Waals surface area contributed by atoms with Crippen molar-refractivity contribution in [2.24, 2.45) is 4.99 Å². The first-order valence-corrected chi connectivity index (χ1v) is 8.51. The standard InChI is InChI=1S/C22H27N3/c1-6-7-8-9-16(2)21(15-23-5)18(4)25-20-13-12-19-11-10-17(3)24-22(19)14-20/h6-9,12-15,24-25H,3-4,10-11H2,1-2,5H3/b7-6-,9-8-,21-16-,23-15?.